The molecular formula is C9H10ClNO3S. The molecule has 4 nitrogen and oxygen atoms in total. The van der Waals surface area contributed by atoms with E-state index in [2.05, 4.69) is 0 Å². The number of hydrogen-bond acceptors (Lipinski definition) is 3. The fourth-order valence-electron chi connectivity index (χ4n) is 1.74. The first-order chi connectivity index (χ1) is 7.00. The molecule has 0 aromatic heterocycles. The molecule has 0 bridgehead atoms. The first-order valence-corrected chi connectivity index (χ1v) is 6.33. The van der Waals surface area contributed by atoms with Gasteiger partial charge in [0.25, 0.3) is 10.1 Å². The quantitative estimate of drug-likeness (QED) is 0.607. The average Bonchev–Trinajstić information content (AvgIpc) is 2.16. The molecule has 0 aliphatic carbocycles. The van der Waals surface area contributed by atoms with Gasteiger partial charge in [0.05, 0.1) is 5.69 Å². The Kier molecular flexibility index (Phi) is 2.62. The molecule has 0 fully saturated rings. The first kappa shape index (κ1) is 10.7. The minimum atomic E-state index is -4.12. The van der Waals surface area contributed by atoms with Gasteiger partial charge < -0.3 is 0 Å². The molecule has 1 N–H and O–H groups in total. The fraction of sp³-hybridized carbons (Fsp3) is 0.333. The summed E-state index contributed by atoms with van der Waals surface area (Å²) >= 11 is 5.89. The van der Waals surface area contributed by atoms with Gasteiger partial charge in [0, 0.05) is 11.8 Å². The van der Waals surface area contributed by atoms with Crippen LogP contribution in [0.15, 0.2) is 24.3 Å². The fourth-order valence-corrected chi connectivity index (χ4v) is 3.07. The Labute approximate surface area is 93.3 Å². The zero-order valence-corrected chi connectivity index (χ0v) is 9.37. The van der Waals surface area contributed by atoms with Crippen LogP contribution in [0.3, 0.4) is 0 Å². The highest BCUT2D eigenvalue weighted by Gasteiger charge is 2.33. The number of nitrogens with zero attached hydrogens (tertiary/aromatic N) is 1. The Balaban J connectivity index is 2.42. The second-order valence-electron chi connectivity index (χ2n) is 3.45. The Morgan fingerprint density at radius 1 is 1.40 bits per heavy atom. The standard InChI is InChI=1S/C9H10ClNO3S/c10-11-8-4-2-1-3-7(8)5-6-9(11)15(12,13)14/h1-4,9H,5-6H2,(H,12,13,14)/t9-/m0/s1. The van der Waals surface area contributed by atoms with E-state index in [9.17, 15) is 8.42 Å². The summed E-state index contributed by atoms with van der Waals surface area (Å²) in [5.74, 6) is 0. The largest absolute Gasteiger partial charge is 0.287 e. The third-order valence-corrected chi connectivity index (χ3v) is 4.15. The predicted molar refractivity (Wildman–Crippen MR) is 58.4 cm³/mol. The topological polar surface area (TPSA) is 57.6 Å². The molecule has 82 valence electrons. The molecule has 2 rings (SSSR count). The number of hydrogen-bond donors (Lipinski definition) is 1. The van der Waals surface area contributed by atoms with E-state index in [0.29, 0.717) is 18.5 Å². The molecule has 0 unspecified atom stereocenters. The second-order valence-corrected chi connectivity index (χ2v) is 5.39. The molecular weight excluding hydrogens is 238 g/mol. The van der Waals surface area contributed by atoms with E-state index in [1.165, 1.54) is 0 Å². The minimum absolute atomic E-state index is 0.305. The van der Waals surface area contributed by atoms with Crippen LogP contribution in [-0.4, -0.2) is 18.3 Å². The minimum Gasteiger partial charge on any atom is -0.284 e. The smallest absolute Gasteiger partial charge is 0.284 e. The van der Waals surface area contributed by atoms with E-state index >= 15 is 0 Å². The van der Waals surface area contributed by atoms with Crippen molar-refractivity contribution in [1.29, 1.82) is 0 Å². The van der Waals surface area contributed by atoms with Crippen LogP contribution in [-0.2, 0) is 16.5 Å². The molecule has 0 spiro atoms. The maximum atomic E-state index is 11.0. The molecule has 0 saturated heterocycles. The van der Waals surface area contributed by atoms with Crippen LogP contribution in [0.2, 0.25) is 0 Å². The zero-order valence-electron chi connectivity index (χ0n) is 7.80. The van der Waals surface area contributed by atoms with Crippen LogP contribution in [0.5, 0.6) is 0 Å². The lowest BCUT2D eigenvalue weighted by molar-refractivity contribution is 0.462. The molecule has 1 aliphatic heterocycles. The van der Waals surface area contributed by atoms with Crippen molar-refractivity contribution >= 4 is 27.6 Å². The summed E-state index contributed by atoms with van der Waals surface area (Å²) in [5, 5.41) is -1.05. The Morgan fingerprint density at radius 3 is 2.73 bits per heavy atom. The Bertz CT molecular complexity index is 474. The first-order valence-electron chi connectivity index (χ1n) is 4.49. The van der Waals surface area contributed by atoms with Crippen LogP contribution in [0.25, 0.3) is 0 Å². The molecule has 1 aliphatic rings. The summed E-state index contributed by atoms with van der Waals surface area (Å²) in [6.07, 6.45) is 0.906. The Hall–Kier alpha value is -0.780. The van der Waals surface area contributed by atoms with Gasteiger partial charge in [0.2, 0.25) is 0 Å². The van der Waals surface area contributed by atoms with Gasteiger partial charge in [-0.2, -0.15) is 8.42 Å². The molecule has 15 heavy (non-hydrogen) atoms. The van der Waals surface area contributed by atoms with E-state index in [4.69, 9.17) is 16.3 Å². The van der Waals surface area contributed by atoms with Crippen molar-refractivity contribution in [3.8, 4) is 0 Å². The maximum Gasteiger partial charge on any atom is 0.287 e. The van der Waals surface area contributed by atoms with E-state index in [1.54, 1.807) is 12.1 Å². The summed E-state index contributed by atoms with van der Waals surface area (Å²) in [5.41, 5.74) is 1.64. The number of rotatable bonds is 1. The number of fused-ring (bicyclic) bond motifs is 1. The normalized spacial score (nSPS) is 21.2. The van der Waals surface area contributed by atoms with Crippen molar-refractivity contribution < 1.29 is 13.0 Å². The van der Waals surface area contributed by atoms with Crippen molar-refractivity contribution in [1.82, 2.24) is 0 Å². The molecule has 6 heteroatoms. The summed E-state index contributed by atoms with van der Waals surface area (Å²) < 4.78 is 32.1. The second kappa shape index (κ2) is 3.66. The van der Waals surface area contributed by atoms with Crippen LogP contribution in [0, 0.1) is 0 Å². The van der Waals surface area contributed by atoms with Crippen LogP contribution < -0.4 is 4.42 Å². The zero-order chi connectivity index (χ0) is 11.1. The van der Waals surface area contributed by atoms with Crippen molar-refractivity contribution in [3.63, 3.8) is 0 Å². The molecule has 1 aromatic carbocycles. The summed E-state index contributed by atoms with van der Waals surface area (Å²) in [7, 11) is -4.12. The van der Waals surface area contributed by atoms with Crippen molar-refractivity contribution in [3.05, 3.63) is 29.8 Å². The van der Waals surface area contributed by atoms with Crippen molar-refractivity contribution in [2.75, 3.05) is 4.42 Å². The SMILES string of the molecule is O=S(=O)(O)[C@H]1CCc2ccccc2N1Cl. The molecule has 0 radical (unpaired) electrons. The van der Waals surface area contributed by atoms with Crippen LogP contribution in [0.1, 0.15) is 12.0 Å². The van der Waals surface area contributed by atoms with Gasteiger partial charge in [-0.1, -0.05) is 18.2 Å². The lowest BCUT2D eigenvalue weighted by atomic mass is 10.0. The number of halogens is 1. The van der Waals surface area contributed by atoms with Crippen LogP contribution in [0.4, 0.5) is 5.69 Å². The third kappa shape index (κ3) is 1.95. The number of benzene rings is 1. The molecule has 0 saturated carbocycles. The monoisotopic (exact) mass is 247 g/mol. The summed E-state index contributed by atoms with van der Waals surface area (Å²) in [6.45, 7) is 0. The van der Waals surface area contributed by atoms with Gasteiger partial charge in [-0.25, -0.2) is 0 Å². The highest BCUT2D eigenvalue weighted by molar-refractivity contribution is 7.86. The summed E-state index contributed by atoms with van der Waals surface area (Å²) in [6, 6.07) is 7.28. The van der Waals surface area contributed by atoms with Gasteiger partial charge in [-0.05, 0) is 24.5 Å². The van der Waals surface area contributed by atoms with E-state index < -0.39 is 15.5 Å². The number of para-hydroxylation sites is 1. The van der Waals surface area contributed by atoms with Crippen molar-refractivity contribution in [2.24, 2.45) is 0 Å². The lowest BCUT2D eigenvalue weighted by Crippen LogP contribution is -2.38. The highest BCUT2D eigenvalue weighted by atomic mass is 35.5. The van der Waals surface area contributed by atoms with Gasteiger partial charge in [0.1, 0.15) is 0 Å². The molecule has 0 amide bonds. The highest BCUT2D eigenvalue weighted by Crippen LogP contribution is 2.33. The molecule has 1 heterocycles. The van der Waals surface area contributed by atoms with Crippen LogP contribution >= 0.6 is 11.8 Å². The van der Waals surface area contributed by atoms with Gasteiger partial charge in [-0.15, -0.1) is 0 Å². The molecule has 1 aromatic rings. The van der Waals surface area contributed by atoms with Gasteiger partial charge in [-0.3, -0.25) is 8.97 Å². The van der Waals surface area contributed by atoms with E-state index in [-0.39, 0.29) is 0 Å². The van der Waals surface area contributed by atoms with Crippen molar-refractivity contribution in [2.45, 2.75) is 18.2 Å². The predicted octanol–water partition coefficient (Wildman–Crippen LogP) is 1.81. The van der Waals surface area contributed by atoms with E-state index in [0.717, 1.165) is 9.98 Å². The molecule has 1 atom stereocenters. The maximum absolute atomic E-state index is 11.0. The van der Waals surface area contributed by atoms with Gasteiger partial charge in [0.15, 0.2) is 5.37 Å². The Morgan fingerprint density at radius 2 is 2.07 bits per heavy atom. The number of anilines is 1. The lowest BCUT2D eigenvalue weighted by Gasteiger charge is -2.30. The van der Waals surface area contributed by atoms with E-state index in [1.807, 2.05) is 12.1 Å². The van der Waals surface area contributed by atoms with Gasteiger partial charge >= 0.3 is 0 Å². The third-order valence-electron chi connectivity index (χ3n) is 2.48. The average molecular weight is 248 g/mol. The summed E-state index contributed by atoms with van der Waals surface area (Å²) in [4.78, 5) is 0. The number of aryl methyl sites for hydroxylation is 1.